The molecule has 0 fully saturated rings. The maximum absolute atomic E-state index is 12.6. The number of carbonyl (C=O) groups is 2. The van der Waals surface area contributed by atoms with E-state index in [2.05, 4.69) is 10.6 Å². The van der Waals surface area contributed by atoms with Crippen LogP contribution in [0.1, 0.15) is 12.0 Å². The Hall–Kier alpha value is -4.06. The van der Waals surface area contributed by atoms with Gasteiger partial charge in [0.15, 0.2) is 0 Å². The minimum Gasteiger partial charge on any atom is -0.511 e. The van der Waals surface area contributed by atoms with Crippen LogP contribution in [0.25, 0.3) is 0 Å². The molecule has 0 aromatic heterocycles. The van der Waals surface area contributed by atoms with Crippen LogP contribution >= 0.6 is 0 Å². The van der Waals surface area contributed by atoms with E-state index in [1.165, 1.54) is 0 Å². The first-order chi connectivity index (χ1) is 15.1. The second-order valence-corrected chi connectivity index (χ2v) is 7.28. The van der Waals surface area contributed by atoms with E-state index in [0.717, 1.165) is 5.56 Å². The highest BCUT2D eigenvalue weighted by Crippen LogP contribution is 2.24. The lowest BCUT2D eigenvalue weighted by Crippen LogP contribution is -2.44. The Bertz CT molecular complexity index is 1090. The molecule has 4 rings (SSSR count). The topological polar surface area (TPSA) is 87.7 Å². The summed E-state index contributed by atoms with van der Waals surface area (Å²) in [5.74, 6) is -0.106. The molecule has 0 saturated heterocycles. The highest BCUT2D eigenvalue weighted by molar-refractivity contribution is 6.23. The minimum atomic E-state index is -0.648. The first kappa shape index (κ1) is 20.2. The van der Waals surface area contributed by atoms with Crippen molar-refractivity contribution in [1.29, 1.82) is 0 Å². The van der Waals surface area contributed by atoms with E-state index < -0.39 is 11.8 Å². The summed E-state index contributed by atoms with van der Waals surface area (Å²) in [7, 11) is 0. The van der Waals surface area contributed by atoms with Crippen molar-refractivity contribution in [3.8, 4) is 11.5 Å². The van der Waals surface area contributed by atoms with Crippen LogP contribution in [0.4, 0.5) is 5.69 Å². The van der Waals surface area contributed by atoms with E-state index in [0.29, 0.717) is 23.6 Å². The molecule has 3 N–H and O–H groups in total. The first-order valence-corrected chi connectivity index (χ1v) is 10.00. The van der Waals surface area contributed by atoms with Crippen molar-refractivity contribution >= 4 is 17.5 Å². The standard InChI is InChI=1S/C25H22N2O4/c28-22-16-19(15-17-7-3-1-4-8-17)27-25(30)23(22)24(29)26-18-11-13-21(14-12-18)31-20-9-5-2-6-10-20/h1-14,19,28H,15-16H2,(H,26,29)(H,27,30). The van der Waals surface area contributed by atoms with E-state index >= 15 is 0 Å². The largest absolute Gasteiger partial charge is 0.511 e. The van der Waals surface area contributed by atoms with Gasteiger partial charge in [0.25, 0.3) is 11.8 Å². The third kappa shape index (κ3) is 5.11. The number of amides is 2. The van der Waals surface area contributed by atoms with Gasteiger partial charge in [-0.1, -0.05) is 48.5 Å². The lowest BCUT2D eigenvalue weighted by Gasteiger charge is -2.25. The highest BCUT2D eigenvalue weighted by Gasteiger charge is 2.31. The van der Waals surface area contributed by atoms with Gasteiger partial charge in [-0.15, -0.1) is 0 Å². The average Bonchev–Trinajstić information content (AvgIpc) is 2.76. The number of hydrogen-bond acceptors (Lipinski definition) is 4. The molecule has 31 heavy (non-hydrogen) atoms. The number of rotatable bonds is 6. The number of anilines is 1. The van der Waals surface area contributed by atoms with Gasteiger partial charge in [0.2, 0.25) is 0 Å². The maximum Gasteiger partial charge on any atom is 0.264 e. The number of para-hydroxylation sites is 1. The van der Waals surface area contributed by atoms with Crippen LogP contribution in [-0.2, 0) is 16.0 Å². The molecule has 3 aromatic rings. The molecule has 0 saturated carbocycles. The Morgan fingerprint density at radius 3 is 2.19 bits per heavy atom. The summed E-state index contributed by atoms with van der Waals surface area (Å²) in [5.41, 5.74) is 1.28. The highest BCUT2D eigenvalue weighted by atomic mass is 16.5. The quantitative estimate of drug-likeness (QED) is 0.523. The lowest BCUT2D eigenvalue weighted by molar-refractivity contribution is -0.122. The smallest absolute Gasteiger partial charge is 0.264 e. The van der Waals surface area contributed by atoms with Crippen molar-refractivity contribution in [2.24, 2.45) is 0 Å². The molecule has 0 radical (unpaired) electrons. The fourth-order valence-electron chi connectivity index (χ4n) is 3.46. The molecular formula is C25H22N2O4. The van der Waals surface area contributed by atoms with Crippen LogP contribution in [0.5, 0.6) is 11.5 Å². The first-order valence-electron chi connectivity index (χ1n) is 10.00. The third-order valence-electron chi connectivity index (χ3n) is 4.93. The van der Waals surface area contributed by atoms with Crippen LogP contribution < -0.4 is 15.4 Å². The number of ether oxygens (including phenoxy) is 1. The molecule has 0 spiro atoms. The molecule has 156 valence electrons. The minimum absolute atomic E-state index is 0.202. The summed E-state index contributed by atoms with van der Waals surface area (Å²) in [5, 5.41) is 15.8. The SMILES string of the molecule is O=C(Nc1ccc(Oc2ccccc2)cc1)C1=C(O)CC(Cc2ccccc2)NC1=O. The van der Waals surface area contributed by atoms with Crippen LogP contribution in [0.3, 0.4) is 0 Å². The van der Waals surface area contributed by atoms with Crippen molar-refractivity contribution in [2.45, 2.75) is 18.9 Å². The summed E-state index contributed by atoms with van der Waals surface area (Å²) in [4.78, 5) is 25.1. The second kappa shape index (κ2) is 9.17. The molecule has 1 aliphatic rings. The van der Waals surface area contributed by atoms with Gasteiger partial charge in [-0.3, -0.25) is 9.59 Å². The molecule has 2 amide bonds. The molecule has 0 bridgehead atoms. The van der Waals surface area contributed by atoms with Gasteiger partial charge < -0.3 is 20.5 Å². The lowest BCUT2D eigenvalue weighted by atomic mass is 9.96. The molecule has 3 aromatic carbocycles. The Morgan fingerprint density at radius 1 is 0.935 bits per heavy atom. The van der Waals surface area contributed by atoms with Gasteiger partial charge in [-0.2, -0.15) is 0 Å². The number of hydrogen-bond donors (Lipinski definition) is 3. The van der Waals surface area contributed by atoms with Gasteiger partial charge in [0, 0.05) is 18.2 Å². The van der Waals surface area contributed by atoms with Crippen molar-refractivity contribution in [2.75, 3.05) is 5.32 Å². The predicted molar refractivity (Wildman–Crippen MR) is 118 cm³/mol. The molecule has 1 unspecified atom stereocenters. The van der Waals surface area contributed by atoms with Crippen LogP contribution in [0.15, 0.2) is 96.3 Å². The van der Waals surface area contributed by atoms with Gasteiger partial charge in [0.1, 0.15) is 22.8 Å². The summed E-state index contributed by atoms with van der Waals surface area (Å²) in [6, 6.07) is 25.5. The van der Waals surface area contributed by atoms with Gasteiger partial charge in [-0.25, -0.2) is 0 Å². The zero-order valence-electron chi connectivity index (χ0n) is 16.7. The van der Waals surface area contributed by atoms with E-state index in [4.69, 9.17) is 4.74 Å². The number of aliphatic hydroxyl groups is 1. The normalized spacial score (nSPS) is 15.9. The molecule has 1 heterocycles. The number of benzene rings is 3. The second-order valence-electron chi connectivity index (χ2n) is 7.28. The zero-order valence-corrected chi connectivity index (χ0v) is 16.7. The van der Waals surface area contributed by atoms with Crippen molar-refractivity contribution in [3.63, 3.8) is 0 Å². The monoisotopic (exact) mass is 414 g/mol. The number of carbonyl (C=O) groups excluding carboxylic acids is 2. The van der Waals surface area contributed by atoms with E-state index in [1.54, 1.807) is 24.3 Å². The maximum atomic E-state index is 12.6. The van der Waals surface area contributed by atoms with Gasteiger partial charge >= 0.3 is 0 Å². The summed E-state index contributed by atoms with van der Waals surface area (Å²) in [6.07, 6.45) is 0.779. The molecule has 6 heteroatoms. The summed E-state index contributed by atoms with van der Waals surface area (Å²) < 4.78 is 5.72. The molecule has 1 atom stereocenters. The molecule has 6 nitrogen and oxygen atoms in total. The Balaban J connectivity index is 1.39. The fraction of sp³-hybridized carbons (Fsp3) is 0.120. The summed E-state index contributed by atoms with van der Waals surface area (Å²) in [6.45, 7) is 0. The number of nitrogens with one attached hydrogen (secondary N) is 2. The average molecular weight is 414 g/mol. The van der Waals surface area contributed by atoms with Crippen molar-refractivity contribution in [1.82, 2.24) is 5.32 Å². The van der Waals surface area contributed by atoms with Crippen molar-refractivity contribution in [3.05, 3.63) is 102 Å². The Kier molecular flexibility index (Phi) is 5.98. The third-order valence-corrected chi connectivity index (χ3v) is 4.93. The number of aliphatic hydroxyl groups excluding tert-OH is 1. The molecule has 1 aliphatic heterocycles. The van der Waals surface area contributed by atoms with Crippen molar-refractivity contribution < 1.29 is 19.4 Å². The van der Waals surface area contributed by atoms with E-state index in [1.807, 2.05) is 60.7 Å². The van der Waals surface area contributed by atoms with Gasteiger partial charge in [-0.05, 0) is 48.4 Å². The Morgan fingerprint density at radius 2 is 1.55 bits per heavy atom. The van der Waals surface area contributed by atoms with Crippen LogP contribution in [0, 0.1) is 0 Å². The fourth-order valence-corrected chi connectivity index (χ4v) is 3.46. The molecular weight excluding hydrogens is 392 g/mol. The van der Waals surface area contributed by atoms with Crippen LogP contribution in [0.2, 0.25) is 0 Å². The van der Waals surface area contributed by atoms with E-state index in [-0.39, 0.29) is 23.8 Å². The molecule has 0 aliphatic carbocycles. The van der Waals surface area contributed by atoms with Gasteiger partial charge in [0.05, 0.1) is 0 Å². The van der Waals surface area contributed by atoms with E-state index in [9.17, 15) is 14.7 Å². The van der Waals surface area contributed by atoms with Crippen LogP contribution in [-0.4, -0.2) is 23.0 Å². The zero-order chi connectivity index (χ0) is 21.6. The Labute approximate surface area is 180 Å². The predicted octanol–water partition coefficient (Wildman–Crippen LogP) is 4.36. The summed E-state index contributed by atoms with van der Waals surface area (Å²) >= 11 is 0.